The molecule has 3 fully saturated rings. The summed E-state index contributed by atoms with van der Waals surface area (Å²) in [6.45, 7) is 7.49. The Bertz CT molecular complexity index is 685. The number of hydrogen-bond acceptors (Lipinski definition) is 1. The summed E-state index contributed by atoms with van der Waals surface area (Å²) in [7, 11) is 0. The molecule has 0 aliphatic heterocycles. The highest BCUT2D eigenvalue weighted by Crippen LogP contribution is 2.66. The lowest BCUT2D eigenvalue weighted by atomic mass is 9.45. The molecule has 3 aliphatic carbocycles. The van der Waals surface area contributed by atoms with Crippen LogP contribution in [0, 0.1) is 17.3 Å². The van der Waals surface area contributed by atoms with Gasteiger partial charge in [0.2, 0.25) is 0 Å². The van der Waals surface area contributed by atoms with Crippen LogP contribution in [0.2, 0.25) is 0 Å². The minimum absolute atomic E-state index is 0.417. The van der Waals surface area contributed by atoms with E-state index in [4.69, 9.17) is 0 Å². The molecule has 0 amide bonds. The standard InChI is InChI=1S/C20H24S/c1-19(2)16-10-11-20(3,18(19)13-16)21-17-9-8-14-6-4-5-7-15(14)12-17/h4-9,12,16,18H,10-11,13H2,1-3H3/t16-,18+,20+/m1/s1. The van der Waals surface area contributed by atoms with Crippen molar-refractivity contribution in [2.24, 2.45) is 17.3 Å². The predicted octanol–water partition coefficient (Wildman–Crippen LogP) is 6.15. The summed E-state index contributed by atoms with van der Waals surface area (Å²) in [6, 6.07) is 15.7. The topological polar surface area (TPSA) is 0 Å². The number of rotatable bonds is 2. The van der Waals surface area contributed by atoms with Gasteiger partial charge in [0.05, 0.1) is 0 Å². The lowest BCUT2D eigenvalue weighted by Crippen LogP contribution is -2.58. The Morgan fingerprint density at radius 3 is 2.48 bits per heavy atom. The summed E-state index contributed by atoms with van der Waals surface area (Å²) in [6.07, 6.45) is 4.24. The molecule has 3 saturated carbocycles. The fourth-order valence-corrected chi connectivity index (χ4v) is 6.42. The first kappa shape index (κ1) is 13.7. The fourth-order valence-electron chi connectivity index (χ4n) is 4.80. The monoisotopic (exact) mass is 296 g/mol. The van der Waals surface area contributed by atoms with Crippen molar-refractivity contribution in [2.75, 3.05) is 0 Å². The van der Waals surface area contributed by atoms with Crippen molar-refractivity contribution in [1.29, 1.82) is 0 Å². The molecular weight excluding hydrogens is 272 g/mol. The molecule has 0 nitrogen and oxygen atoms in total. The summed E-state index contributed by atoms with van der Waals surface area (Å²) in [5.74, 6) is 1.85. The van der Waals surface area contributed by atoms with Crippen molar-refractivity contribution < 1.29 is 0 Å². The smallest absolute Gasteiger partial charge is 0.0212 e. The van der Waals surface area contributed by atoms with Gasteiger partial charge in [0, 0.05) is 9.64 Å². The molecule has 3 atom stereocenters. The van der Waals surface area contributed by atoms with Crippen molar-refractivity contribution >= 4 is 22.5 Å². The second-order valence-electron chi connectivity index (χ2n) is 7.77. The first-order valence-corrected chi connectivity index (χ1v) is 8.98. The highest BCUT2D eigenvalue weighted by molar-refractivity contribution is 8.00. The normalized spacial score (nSPS) is 33.7. The molecule has 0 aromatic heterocycles. The quantitative estimate of drug-likeness (QED) is 0.640. The molecule has 21 heavy (non-hydrogen) atoms. The van der Waals surface area contributed by atoms with Gasteiger partial charge in [-0.2, -0.15) is 0 Å². The van der Waals surface area contributed by atoms with Gasteiger partial charge in [0.15, 0.2) is 0 Å². The van der Waals surface area contributed by atoms with Gasteiger partial charge >= 0.3 is 0 Å². The van der Waals surface area contributed by atoms with E-state index in [2.05, 4.69) is 75.0 Å². The van der Waals surface area contributed by atoms with E-state index in [1.807, 2.05) is 0 Å². The van der Waals surface area contributed by atoms with Crippen molar-refractivity contribution in [2.45, 2.75) is 49.7 Å². The van der Waals surface area contributed by atoms with Gasteiger partial charge in [0.1, 0.15) is 0 Å². The van der Waals surface area contributed by atoms with E-state index in [0.29, 0.717) is 10.2 Å². The first-order chi connectivity index (χ1) is 9.99. The number of fused-ring (bicyclic) bond motifs is 3. The molecule has 0 radical (unpaired) electrons. The van der Waals surface area contributed by atoms with E-state index < -0.39 is 0 Å². The zero-order chi connectivity index (χ0) is 14.7. The summed E-state index contributed by atoms with van der Waals surface area (Å²) in [5, 5.41) is 2.72. The molecule has 2 aromatic carbocycles. The molecule has 0 unspecified atom stereocenters. The van der Waals surface area contributed by atoms with E-state index in [-0.39, 0.29) is 0 Å². The largest absolute Gasteiger partial charge is 0.119 e. The minimum atomic E-state index is 0.417. The van der Waals surface area contributed by atoms with Crippen LogP contribution >= 0.6 is 11.8 Å². The van der Waals surface area contributed by atoms with Crippen LogP contribution in [0.5, 0.6) is 0 Å². The Morgan fingerprint density at radius 2 is 1.76 bits per heavy atom. The van der Waals surface area contributed by atoms with Gasteiger partial charge in [-0.05, 0) is 66.3 Å². The Kier molecular flexibility index (Phi) is 2.95. The maximum atomic E-state index is 2.51. The molecule has 1 heteroatoms. The van der Waals surface area contributed by atoms with Crippen molar-refractivity contribution in [3.05, 3.63) is 42.5 Å². The lowest BCUT2D eigenvalue weighted by molar-refractivity contribution is -0.0851. The molecule has 0 saturated heterocycles. The van der Waals surface area contributed by atoms with Crippen LogP contribution in [0.15, 0.2) is 47.4 Å². The van der Waals surface area contributed by atoms with Crippen LogP contribution in [-0.2, 0) is 0 Å². The van der Waals surface area contributed by atoms with Gasteiger partial charge in [-0.1, -0.05) is 44.2 Å². The van der Waals surface area contributed by atoms with Crippen LogP contribution in [-0.4, -0.2) is 4.75 Å². The Hall–Kier alpha value is -0.950. The van der Waals surface area contributed by atoms with E-state index in [0.717, 1.165) is 11.8 Å². The van der Waals surface area contributed by atoms with Crippen LogP contribution in [0.1, 0.15) is 40.0 Å². The summed E-state index contributed by atoms with van der Waals surface area (Å²) in [4.78, 5) is 1.44. The summed E-state index contributed by atoms with van der Waals surface area (Å²) >= 11 is 2.13. The third-order valence-electron chi connectivity index (χ3n) is 6.27. The lowest BCUT2D eigenvalue weighted by Gasteiger charge is -2.64. The van der Waals surface area contributed by atoms with Crippen LogP contribution < -0.4 is 0 Å². The molecule has 2 aromatic rings. The first-order valence-electron chi connectivity index (χ1n) is 8.17. The average Bonchev–Trinajstić information content (AvgIpc) is 2.46. The molecular formula is C20H24S. The van der Waals surface area contributed by atoms with Gasteiger partial charge in [-0.15, -0.1) is 11.8 Å². The van der Waals surface area contributed by atoms with E-state index in [1.54, 1.807) is 0 Å². The second kappa shape index (κ2) is 4.52. The van der Waals surface area contributed by atoms with Crippen molar-refractivity contribution in [1.82, 2.24) is 0 Å². The SMILES string of the molecule is CC1(C)[C@@H]2CC[C@](C)(Sc3ccc4ccccc4c3)[C@H]1C2. The van der Waals surface area contributed by atoms with E-state index >= 15 is 0 Å². The maximum Gasteiger partial charge on any atom is 0.0212 e. The predicted molar refractivity (Wildman–Crippen MR) is 92.8 cm³/mol. The second-order valence-corrected chi connectivity index (χ2v) is 9.38. The third kappa shape index (κ3) is 2.04. The maximum absolute atomic E-state index is 2.51. The van der Waals surface area contributed by atoms with Crippen LogP contribution in [0.25, 0.3) is 10.8 Å². The minimum Gasteiger partial charge on any atom is -0.119 e. The molecule has 5 rings (SSSR count). The Morgan fingerprint density at radius 1 is 1.00 bits per heavy atom. The number of benzene rings is 2. The van der Waals surface area contributed by atoms with Gasteiger partial charge in [0.25, 0.3) is 0 Å². The van der Waals surface area contributed by atoms with Crippen LogP contribution in [0.4, 0.5) is 0 Å². The van der Waals surface area contributed by atoms with Gasteiger partial charge < -0.3 is 0 Å². The Balaban J connectivity index is 1.64. The molecule has 0 N–H and O–H groups in total. The molecule has 2 bridgehead atoms. The summed E-state index contributed by atoms with van der Waals surface area (Å²) in [5.41, 5.74) is 0.552. The van der Waals surface area contributed by atoms with Crippen molar-refractivity contribution in [3.63, 3.8) is 0 Å². The Labute approximate surface area is 132 Å². The number of thioether (sulfide) groups is 1. The number of hydrogen-bond donors (Lipinski definition) is 0. The zero-order valence-electron chi connectivity index (χ0n) is 13.2. The van der Waals surface area contributed by atoms with Crippen molar-refractivity contribution in [3.8, 4) is 0 Å². The highest BCUT2D eigenvalue weighted by atomic mass is 32.2. The van der Waals surface area contributed by atoms with E-state index in [9.17, 15) is 0 Å². The fraction of sp³-hybridized carbons (Fsp3) is 0.500. The molecule has 3 aliphatic rings. The highest BCUT2D eigenvalue weighted by Gasteiger charge is 2.59. The molecule has 0 spiro atoms. The van der Waals surface area contributed by atoms with Gasteiger partial charge in [-0.25, -0.2) is 0 Å². The van der Waals surface area contributed by atoms with E-state index in [1.165, 1.54) is 34.9 Å². The van der Waals surface area contributed by atoms with Crippen LogP contribution in [0.3, 0.4) is 0 Å². The molecule has 110 valence electrons. The third-order valence-corrected chi connectivity index (χ3v) is 7.71. The van der Waals surface area contributed by atoms with Gasteiger partial charge in [-0.3, -0.25) is 0 Å². The zero-order valence-corrected chi connectivity index (χ0v) is 14.0. The molecule has 0 heterocycles. The average molecular weight is 296 g/mol. The summed E-state index contributed by atoms with van der Waals surface area (Å²) < 4.78 is 0.417.